The Hall–Kier alpha value is -1.02. The van der Waals surface area contributed by atoms with Crippen molar-refractivity contribution in [3.05, 3.63) is 0 Å². The summed E-state index contributed by atoms with van der Waals surface area (Å²) in [7, 11) is 0. The van der Waals surface area contributed by atoms with Crippen LogP contribution in [0.2, 0.25) is 0 Å². The lowest BCUT2D eigenvalue weighted by Crippen LogP contribution is -2.51. The number of aliphatic hydroxyl groups is 1. The van der Waals surface area contributed by atoms with Crippen molar-refractivity contribution in [3.63, 3.8) is 0 Å². The van der Waals surface area contributed by atoms with Crippen molar-refractivity contribution in [1.82, 2.24) is 5.32 Å². The summed E-state index contributed by atoms with van der Waals surface area (Å²) in [6.07, 6.45) is -3.81. The van der Waals surface area contributed by atoms with E-state index in [1.165, 1.54) is 0 Å². The zero-order valence-corrected chi connectivity index (χ0v) is 9.74. The fourth-order valence-electron chi connectivity index (χ4n) is 2.05. The van der Waals surface area contributed by atoms with E-state index in [1.54, 1.807) is 0 Å². The average Bonchev–Trinajstić information content (AvgIpc) is 2.25. The standard InChI is InChI=1S/C10H17F3N2O3/c11-10(12,13)8(5-16)15-6-1-3-7(4-2-6)18-9(14)17/h6-8,15-16H,1-5H2,(H2,14,17)/t6?,7?,8-/m1/s1. The number of hydrogen-bond donors (Lipinski definition) is 3. The van der Waals surface area contributed by atoms with Gasteiger partial charge in [-0.25, -0.2) is 4.79 Å². The smallest absolute Gasteiger partial charge is 0.406 e. The average molecular weight is 270 g/mol. The largest absolute Gasteiger partial charge is 0.446 e. The van der Waals surface area contributed by atoms with Crippen molar-refractivity contribution in [2.24, 2.45) is 5.73 Å². The van der Waals surface area contributed by atoms with E-state index in [9.17, 15) is 18.0 Å². The highest BCUT2D eigenvalue weighted by Gasteiger charge is 2.40. The van der Waals surface area contributed by atoms with Gasteiger partial charge >= 0.3 is 12.3 Å². The Bertz CT molecular complexity index is 278. The molecule has 0 bridgehead atoms. The predicted octanol–water partition coefficient (Wildman–Crippen LogP) is 0.906. The Balaban J connectivity index is 2.37. The van der Waals surface area contributed by atoms with Gasteiger partial charge in [-0.05, 0) is 25.7 Å². The van der Waals surface area contributed by atoms with Gasteiger partial charge in [-0.2, -0.15) is 13.2 Å². The zero-order chi connectivity index (χ0) is 13.8. The first-order valence-corrected chi connectivity index (χ1v) is 5.72. The van der Waals surface area contributed by atoms with Gasteiger partial charge < -0.3 is 20.9 Å². The Morgan fingerprint density at radius 1 is 1.39 bits per heavy atom. The van der Waals surface area contributed by atoms with Gasteiger partial charge in [-0.1, -0.05) is 0 Å². The third kappa shape index (κ3) is 4.69. The molecule has 0 saturated heterocycles. The predicted molar refractivity (Wildman–Crippen MR) is 56.8 cm³/mol. The number of nitrogens with one attached hydrogen (secondary N) is 1. The maximum absolute atomic E-state index is 12.4. The van der Waals surface area contributed by atoms with E-state index in [-0.39, 0.29) is 12.1 Å². The maximum atomic E-state index is 12.4. The minimum Gasteiger partial charge on any atom is -0.446 e. The molecule has 0 unspecified atom stereocenters. The fraction of sp³-hybridized carbons (Fsp3) is 0.900. The van der Waals surface area contributed by atoms with Crippen LogP contribution in [0.4, 0.5) is 18.0 Å². The number of alkyl halides is 3. The molecule has 106 valence electrons. The van der Waals surface area contributed by atoms with Crippen LogP contribution < -0.4 is 11.1 Å². The number of amides is 1. The fourth-order valence-corrected chi connectivity index (χ4v) is 2.05. The first kappa shape index (κ1) is 15.0. The number of carbonyl (C=O) groups excluding carboxylic acids is 1. The summed E-state index contributed by atoms with van der Waals surface area (Å²) in [6, 6.07) is -2.24. The van der Waals surface area contributed by atoms with Crippen LogP contribution in [0.3, 0.4) is 0 Å². The molecule has 1 rings (SSSR count). The third-order valence-electron chi connectivity index (χ3n) is 2.97. The monoisotopic (exact) mass is 270 g/mol. The second-order valence-electron chi connectivity index (χ2n) is 4.35. The second kappa shape index (κ2) is 6.24. The summed E-state index contributed by atoms with van der Waals surface area (Å²) in [5, 5.41) is 11.1. The Labute approximate surface area is 102 Å². The number of rotatable bonds is 4. The number of halogens is 3. The Kier molecular flexibility index (Phi) is 5.21. The van der Waals surface area contributed by atoms with Gasteiger partial charge in [0.15, 0.2) is 0 Å². The molecule has 0 radical (unpaired) electrons. The zero-order valence-electron chi connectivity index (χ0n) is 9.74. The van der Waals surface area contributed by atoms with Crippen LogP contribution in [0.1, 0.15) is 25.7 Å². The van der Waals surface area contributed by atoms with Crippen molar-refractivity contribution in [1.29, 1.82) is 0 Å². The summed E-state index contributed by atoms with van der Waals surface area (Å²) < 4.78 is 42.0. The van der Waals surface area contributed by atoms with E-state index in [1.807, 2.05) is 0 Å². The lowest BCUT2D eigenvalue weighted by molar-refractivity contribution is -0.166. The van der Waals surface area contributed by atoms with Gasteiger partial charge in [0.1, 0.15) is 12.1 Å². The van der Waals surface area contributed by atoms with Crippen molar-refractivity contribution >= 4 is 6.09 Å². The molecule has 18 heavy (non-hydrogen) atoms. The van der Waals surface area contributed by atoms with Crippen molar-refractivity contribution in [2.75, 3.05) is 6.61 Å². The normalized spacial score (nSPS) is 26.7. The minimum atomic E-state index is -4.46. The van der Waals surface area contributed by atoms with Crippen molar-refractivity contribution in [2.45, 2.75) is 50.0 Å². The number of aliphatic hydroxyl groups excluding tert-OH is 1. The lowest BCUT2D eigenvalue weighted by Gasteiger charge is -2.31. The SMILES string of the molecule is NC(=O)OC1CCC(N[C@H](CO)C(F)(F)F)CC1. The van der Waals surface area contributed by atoms with Gasteiger partial charge in [0.05, 0.1) is 6.61 Å². The number of primary amides is 1. The van der Waals surface area contributed by atoms with Crippen LogP contribution in [0, 0.1) is 0 Å². The summed E-state index contributed by atoms with van der Waals surface area (Å²) in [4.78, 5) is 10.5. The molecule has 1 aliphatic carbocycles. The maximum Gasteiger partial charge on any atom is 0.406 e. The topological polar surface area (TPSA) is 84.6 Å². The Morgan fingerprint density at radius 3 is 2.33 bits per heavy atom. The molecule has 0 aromatic carbocycles. The Morgan fingerprint density at radius 2 is 1.94 bits per heavy atom. The van der Waals surface area contributed by atoms with E-state index in [2.05, 4.69) is 5.32 Å². The van der Waals surface area contributed by atoms with Crippen molar-refractivity contribution in [3.8, 4) is 0 Å². The van der Waals surface area contributed by atoms with Crippen LogP contribution >= 0.6 is 0 Å². The molecule has 0 aromatic rings. The molecule has 1 fully saturated rings. The number of carbonyl (C=O) groups is 1. The van der Waals surface area contributed by atoms with Gasteiger partial charge in [0, 0.05) is 6.04 Å². The van der Waals surface area contributed by atoms with Crippen LogP contribution in [-0.2, 0) is 4.74 Å². The minimum absolute atomic E-state index is 0.320. The summed E-state index contributed by atoms with van der Waals surface area (Å²) in [5.74, 6) is 0. The molecule has 0 heterocycles. The highest BCUT2D eigenvalue weighted by atomic mass is 19.4. The highest BCUT2D eigenvalue weighted by Crippen LogP contribution is 2.25. The molecule has 0 aliphatic heterocycles. The lowest BCUT2D eigenvalue weighted by atomic mass is 9.92. The molecule has 5 nitrogen and oxygen atoms in total. The molecule has 1 aliphatic rings. The molecule has 0 spiro atoms. The van der Waals surface area contributed by atoms with E-state index < -0.39 is 24.9 Å². The van der Waals surface area contributed by atoms with Gasteiger partial charge in [-0.3, -0.25) is 0 Å². The molecule has 1 saturated carbocycles. The van der Waals surface area contributed by atoms with Crippen molar-refractivity contribution < 1.29 is 27.8 Å². The number of ether oxygens (including phenoxy) is 1. The van der Waals surface area contributed by atoms with Gasteiger partial charge in [-0.15, -0.1) is 0 Å². The second-order valence-corrected chi connectivity index (χ2v) is 4.35. The van der Waals surface area contributed by atoms with E-state index in [4.69, 9.17) is 15.6 Å². The van der Waals surface area contributed by atoms with E-state index in [0.717, 1.165) is 0 Å². The van der Waals surface area contributed by atoms with Crippen LogP contribution in [0.15, 0.2) is 0 Å². The molecular weight excluding hydrogens is 253 g/mol. The van der Waals surface area contributed by atoms with Gasteiger partial charge in [0.2, 0.25) is 0 Å². The summed E-state index contributed by atoms with van der Waals surface area (Å²) in [6.45, 7) is -0.985. The summed E-state index contributed by atoms with van der Waals surface area (Å²) in [5.41, 5.74) is 4.86. The third-order valence-corrected chi connectivity index (χ3v) is 2.97. The molecule has 4 N–H and O–H groups in total. The molecule has 0 aromatic heterocycles. The molecule has 1 amide bonds. The molecule has 8 heteroatoms. The van der Waals surface area contributed by atoms with E-state index >= 15 is 0 Å². The summed E-state index contributed by atoms with van der Waals surface area (Å²) >= 11 is 0. The molecule has 1 atom stereocenters. The van der Waals surface area contributed by atoms with Gasteiger partial charge in [0.25, 0.3) is 0 Å². The number of hydrogen-bond acceptors (Lipinski definition) is 4. The van der Waals surface area contributed by atoms with Crippen LogP contribution in [0.25, 0.3) is 0 Å². The first-order chi connectivity index (χ1) is 8.32. The molecular formula is C10H17F3N2O3. The first-order valence-electron chi connectivity index (χ1n) is 5.72. The van der Waals surface area contributed by atoms with Crippen LogP contribution in [-0.4, -0.2) is 42.2 Å². The number of nitrogens with two attached hydrogens (primary N) is 1. The highest BCUT2D eigenvalue weighted by molar-refractivity contribution is 5.64. The van der Waals surface area contributed by atoms with E-state index in [0.29, 0.717) is 25.7 Å². The quantitative estimate of drug-likeness (QED) is 0.708. The van der Waals surface area contributed by atoms with Crippen LogP contribution in [0.5, 0.6) is 0 Å².